The molecule has 2 aromatic carbocycles. The number of hydrogen-bond acceptors (Lipinski definition) is 4. The molecule has 0 bridgehead atoms. The minimum absolute atomic E-state index is 0.140. The van der Waals surface area contributed by atoms with Gasteiger partial charge in [-0.1, -0.05) is 13.0 Å². The molecule has 33 heavy (non-hydrogen) atoms. The Hall–Kier alpha value is -3.55. The topological polar surface area (TPSA) is 57.8 Å². The van der Waals surface area contributed by atoms with Gasteiger partial charge in [-0.15, -0.1) is 10.2 Å². The van der Waals surface area contributed by atoms with E-state index in [0.717, 1.165) is 47.9 Å². The van der Waals surface area contributed by atoms with Crippen LogP contribution in [-0.4, -0.2) is 31.4 Å². The molecule has 170 valence electrons. The number of aryl methyl sites for hydroxylation is 1. The average Bonchev–Trinajstić information content (AvgIpc) is 3.46. The van der Waals surface area contributed by atoms with Gasteiger partial charge >= 0.3 is 0 Å². The lowest BCUT2D eigenvalue weighted by atomic mass is 9.87. The zero-order valence-electron chi connectivity index (χ0n) is 18.8. The SMILES string of the molecule is CCC1CCC(c2ccc(F)c(F)c2)c2nnc(-c3ccc(-n4cnc(C)c4)c(OC)c3)n21. The fourth-order valence-electron chi connectivity index (χ4n) is 4.73. The number of ether oxygens (including phenoxy) is 1. The van der Waals surface area contributed by atoms with E-state index in [9.17, 15) is 8.78 Å². The number of rotatable bonds is 5. The summed E-state index contributed by atoms with van der Waals surface area (Å²) >= 11 is 0. The van der Waals surface area contributed by atoms with Gasteiger partial charge in [0.15, 0.2) is 17.5 Å². The summed E-state index contributed by atoms with van der Waals surface area (Å²) in [5.41, 5.74) is 3.40. The first-order valence-corrected chi connectivity index (χ1v) is 11.1. The van der Waals surface area contributed by atoms with Crippen LogP contribution in [0.1, 0.15) is 55.2 Å². The molecule has 3 heterocycles. The lowest BCUT2D eigenvalue weighted by molar-refractivity contribution is 0.367. The summed E-state index contributed by atoms with van der Waals surface area (Å²) < 4.78 is 37.2. The molecule has 1 aliphatic heterocycles. The first-order valence-electron chi connectivity index (χ1n) is 11.1. The fraction of sp³-hybridized carbons (Fsp3) is 0.320. The maximum absolute atomic E-state index is 13.9. The molecule has 2 aromatic heterocycles. The van der Waals surface area contributed by atoms with E-state index < -0.39 is 11.6 Å². The Kier molecular flexibility index (Phi) is 5.44. The van der Waals surface area contributed by atoms with E-state index in [1.165, 1.54) is 12.1 Å². The molecule has 0 radical (unpaired) electrons. The summed E-state index contributed by atoms with van der Waals surface area (Å²) in [6.07, 6.45) is 6.33. The van der Waals surface area contributed by atoms with Gasteiger partial charge in [-0.05, 0) is 62.1 Å². The molecule has 0 fully saturated rings. The van der Waals surface area contributed by atoms with Crippen LogP contribution in [0, 0.1) is 18.6 Å². The lowest BCUT2D eigenvalue weighted by Gasteiger charge is -2.31. The molecule has 0 saturated heterocycles. The van der Waals surface area contributed by atoms with Crippen molar-refractivity contribution in [2.75, 3.05) is 7.11 Å². The van der Waals surface area contributed by atoms with Crippen LogP contribution in [0.3, 0.4) is 0 Å². The Labute approximate surface area is 190 Å². The van der Waals surface area contributed by atoms with E-state index in [0.29, 0.717) is 11.3 Å². The Morgan fingerprint density at radius 3 is 2.61 bits per heavy atom. The van der Waals surface area contributed by atoms with Gasteiger partial charge in [0.05, 0.1) is 24.8 Å². The second kappa shape index (κ2) is 8.42. The lowest BCUT2D eigenvalue weighted by Crippen LogP contribution is -2.22. The molecule has 2 unspecified atom stereocenters. The predicted molar refractivity (Wildman–Crippen MR) is 121 cm³/mol. The quantitative estimate of drug-likeness (QED) is 0.398. The van der Waals surface area contributed by atoms with Gasteiger partial charge < -0.3 is 13.9 Å². The van der Waals surface area contributed by atoms with Crippen molar-refractivity contribution in [1.29, 1.82) is 0 Å². The van der Waals surface area contributed by atoms with Gasteiger partial charge in [-0.2, -0.15) is 0 Å². The summed E-state index contributed by atoms with van der Waals surface area (Å²) in [5, 5.41) is 9.06. The number of hydrogen-bond donors (Lipinski definition) is 0. The highest BCUT2D eigenvalue weighted by Crippen LogP contribution is 2.41. The van der Waals surface area contributed by atoms with Gasteiger partial charge in [-0.25, -0.2) is 13.8 Å². The van der Waals surface area contributed by atoms with E-state index in [-0.39, 0.29) is 12.0 Å². The Bertz CT molecular complexity index is 1310. The van der Waals surface area contributed by atoms with Gasteiger partial charge in [0.1, 0.15) is 11.6 Å². The van der Waals surface area contributed by atoms with E-state index in [1.807, 2.05) is 35.9 Å². The highest BCUT2D eigenvalue weighted by Gasteiger charge is 2.32. The zero-order valence-corrected chi connectivity index (χ0v) is 18.8. The van der Waals surface area contributed by atoms with E-state index in [2.05, 4.69) is 26.7 Å². The van der Waals surface area contributed by atoms with Crippen LogP contribution in [-0.2, 0) is 0 Å². The number of nitrogens with zero attached hydrogens (tertiary/aromatic N) is 5. The molecule has 0 N–H and O–H groups in total. The van der Waals surface area contributed by atoms with Crippen LogP contribution < -0.4 is 4.74 Å². The molecular weight excluding hydrogens is 424 g/mol. The second-order valence-electron chi connectivity index (χ2n) is 8.43. The van der Waals surface area contributed by atoms with Crippen molar-refractivity contribution in [1.82, 2.24) is 24.3 Å². The monoisotopic (exact) mass is 449 g/mol. The highest BCUT2D eigenvalue weighted by atomic mass is 19.2. The predicted octanol–water partition coefficient (Wildman–Crippen LogP) is 5.60. The molecular formula is C25H25F2N5O. The van der Waals surface area contributed by atoms with Gasteiger partial charge in [0, 0.05) is 23.7 Å². The normalized spacial score (nSPS) is 17.7. The maximum atomic E-state index is 13.9. The average molecular weight is 450 g/mol. The van der Waals surface area contributed by atoms with E-state index in [1.54, 1.807) is 19.5 Å². The van der Waals surface area contributed by atoms with Crippen molar-refractivity contribution in [3.63, 3.8) is 0 Å². The molecule has 2 atom stereocenters. The molecule has 0 amide bonds. The smallest absolute Gasteiger partial charge is 0.164 e. The first kappa shape index (κ1) is 21.3. The molecule has 0 spiro atoms. The van der Waals surface area contributed by atoms with Crippen LogP contribution in [0.4, 0.5) is 8.78 Å². The number of halogens is 2. The van der Waals surface area contributed by atoms with Crippen LogP contribution >= 0.6 is 0 Å². The summed E-state index contributed by atoms with van der Waals surface area (Å²) in [4.78, 5) is 4.30. The van der Waals surface area contributed by atoms with Crippen molar-refractivity contribution < 1.29 is 13.5 Å². The molecule has 5 rings (SSSR count). The van der Waals surface area contributed by atoms with E-state index >= 15 is 0 Å². The van der Waals surface area contributed by atoms with Crippen LogP contribution in [0.5, 0.6) is 5.75 Å². The van der Waals surface area contributed by atoms with Crippen molar-refractivity contribution in [3.05, 3.63) is 77.6 Å². The number of methoxy groups -OCH3 is 1. The number of aromatic nitrogens is 5. The minimum atomic E-state index is -0.844. The fourth-order valence-corrected chi connectivity index (χ4v) is 4.73. The largest absolute Gasteiger partial charge is 0.495 e. The molecule has 0 aliphatic carbocycles. The summed E-state index contributed by atoms with van der Waals surface area (Å²) in [5.74, 6) is 0.399. The molecule has 4 aromatic rings. The molecule has 6 nitrogen and oxygen atoms in total. The molecule has 8 heteroatoms. The molecule has 1 aliphatic rings. The number of fused-ring (bicyclic) bond motifs is 1. The number of benzene rings is 2. The third kappa shape index (κ3) is 3.69. The summed E-state index contributed by atoms with van der Waals surface area (Å²) in [7, 11) is 1.64. The Balaban J connectivity index is 1.59. The minimum Gasteiger partial charge on any atom is -0.495 e. The highest BCUT2D eigenvalue weighted by molar-refractivity contribution is 5.64. The Morgan fingerprint density at radius 1 is 1.06 bits per heavy atom. The van der Waals surface area contributed by atoms with Crippen LogP contribution in [0.2, 0.25) is 0 Å². The zero-order chi connectivity index (χ0) is 23.1. The van der Waals surface area contributed by atoms with Crippen LogP contribution in [0.25, 0.3) is 17.1 Å². The van der Waals surface area contributed by atoms with Crippen molar-refractivity contribution in [3.8, 4) is 22.8 Å². The summed E-state index contributed by atoms with van der Waals surface area (Å²) in [6, 6.07) is 10.3. The first-order chi connectivity index (χ1) is 16.0. The van der Waals surface area contributed by atoms with Crippen molar-refractivity contribution >= 4 is 0 Å². The van der Waals surface area contributed by atoms with Crippen molar-refractivity contribution in [2.24, 2.45) is 0 Å². The van der Waals surface area contributed by atoms with Gasteiger partial charge in [-0.3, -0.25) is 0 Å². The third-order valence-electron chi connectivity index (χ3n) is 6.43. The molecule has 0 saturated carbocycles. The summed E-state index contributed by atoms with van der Waals surface area (Å²) in [6.45, 7) is 4.08. The van der Waals surface area contributed by atoms with Crippen molar-refractivity contribution in [2.45, 2.75) is 45.1 Å². The van der Waals surface area contributed by atoms with Gasteiger partial charge in [0.25, 0.3) is 0 Å². The third-order valence-corrected chi connectivity index (χ3v) is 6.43. The van der Waals surface area contributed by atoms with E-state index in [4.69, 9.17) is 4.74 Å². The standard InChI is InChI=1S/C25H25F2N5O/c1-4-18-7-8-19(16-5-9-20(26)21(27)11-16)25-30-29-24(32(18)25)17-6-10-22(23(12-17)33-3)31-13-15(2)28-14-31/h5-6,9-14,18-19H,4,7-8H2,1-3H3. The number of imidazole rings is 1. The second-order valence-corrected chi connectivity index (χ2v) is 8.43. The van der Waals surface area contributed by atoms with Crippen LogP contribution in [0.15, 0.2) is 48.9 Å². The maximum Gasteiger partial charge on any atom is 0.164 e. The Morgan fingerprint density at radius 2 is 1.91 bits per heavy atom. The van der Waals surface area contributed by atoms with Gasteiger partial charge in [0.2, 0.25) is 0 Å².